The van der Waals surface area contributed by atoms with Crippen LogP contribution in [0.1, 0.15) is 4.88 Å². The highest BCUT2D eigenvalue weighted by molar-refractivity contribution is 8.18. The highest BCUT2D eigenvalue weighted by Crippen LogP contribution is 2.35. The fourth-order valence-corrected chi connectivity index (χ4v) is 4.64. The largest absolute Gasteiger partial charge is 0.290 e. The lowest BCUT2D eigenvalue weighted by molar-refractivity contribution is -0.121. The summed E-state index contributed by atoms with van der Waals surface area (Å²) in [6.07, 6.45) is 1.94. The quantitative estimate of drug-likeness (QED) is 0.474. The Labute approximate surface area is 171 Å². The predicted molar refractivity (Wildman–Crippen MR) is 117 cm³/mol. The van der Waals surface area contributed by atoms with E-state index in [0.29, 0.717) is 15.1 Å². The summed E-state index contributed by atoms with van der Waals surface area (Å²) in [6, 6.07) is 19.6. The summed E-state index contributed by atoms with van der Waals surface area (Å²) in [5.41, 5.74) is 3.10. The minimum Gasteiger partial charge on any atom is -0.290 e. The third-order valence-corrected chi connectivity index (χ3v) is 6.25. The number of amides is 1. The normalized spacial score (nSPS) is 17.3. The molecule has 0 radical (unpaired) electrons. The molecule has 1 aliphatic heterocycles. The summed E-state index contributed by atoms with van der Waals surface area (Å²) in [5.74, 6) is -0.0395. The number of aliphatic imine (C=N–C) groups is 1. The van der Waals surface area contributed by atoms with Crippen molar-refractivity contribution in [3.05, 3.63) is 80.8 Å². The Morgan fingerprint density at radius 3 is 2.52 bits per heavy atom. The van der Waals surface area contributed by atoms with E-state index in [0.717, 1.165) is 16.1 Å². The molecular weight excluding hydrogens is 396 g/mol. The van der Waals surface area contributed by atoms with Gasteiger partial charge in [-0.1, -0.05) is 41.9 Å². The van der Waals surface area contributed by atoms with Gasteiger partial charge in [-0.3, -0.25) is 9.69 Å². The minimum absolute atomic E-state index is 0.0395. The van der Waals surface area contributed by atoms with Crippen LogP contribution in [0.15, 0.2) is 75.9 Å². The average molecular weight is 411 g/mol. The summed E-state index contributed by atoms with van der Waals surface area (Å²) < 4.78 is 0. The number of rotatable bonds is 3. The number of likely N-dealkylation sites (N-methyl/N-ethyl adjacent to an activating group) is 1. The van der Waals surface area contributed by atoms with Gasteiger partial charge in [-0.05, 0) is 64.7 Å². The maximum Gasteiger partial charge on any atom is 0.266 e. The van der Waals surface area contributed by atoms with E-state index in [-0.39, 0.29) is 5.91 Å². The van der Waals surface area contributed by atoms with E-state index in [1.54, 1.807) is 35.4 Å². The maximum absolute atomic E-state index is 12.6. The fourth-order valence-electron chi connectivity index (χ4n) is 2.62. The molecule has 0 atom stereocenters. The van der Waals surface area contributed by atoms with Gasteiger partial charge in [0.05, 0.1) is 10.6 Å². The Bertz CT molecular complexity index is 1040. The van der Waals surface area contributed by atoms with Crippen molar-refractivity contribution in [2.24, 2.45) is 4.99 Å². The molecule has 0 saturated carbocycles. The van der Waals surface area contributed by atoms with Crippen LogP contribution in [0.5, 0.6) is 0 Å². The van der Waals surface area contributed by atoms with Gasteiger partial charge in [0.15, 0.2) is 5.17 Å². The molecule has 1 fully saturated rings. The number of benzene rings is 2. The highest BCUT2D eigenvalue weighted by Gasteiger charge is 2.30. The van der Waals surface area contributed by atoms with E-state index in [1.165, 1.54) is 17.3 Å². The molecule has 0 aliphatic carbocycles. The number of carbonyl (C=O) groups is 1. The standard InChI is InChI=1S/C21H15ClN2OS2/c1-24-20(25)19(27-21(24)23-17-9-7-16(22)8-10-17)12-18-11-15(13-26-18)14-5-3-2-4-6-14/h2-13H,1H3/b19-12-,23-21+. The molecule has 0 unspecified atom stereocenters. The number of hydrogen-bond acceptors (Lipinski definition) is 4. The van der Waals surface area contributed by atoms with Gasteiger partial charge in [-0.2, -0.15) is 0 Å². The lowest BCUT2D eigenvalue weighted by Gasteiger charge is -2.06. The van der Waals surface area contributed by atoms with Gasteiger partial charge in [0.25, 0.3) is 5.91 Å². The Balaban J connectivity index is 1.58. The highest BCUT2D eigenvalue weighted by atomic mass is 35.5. The van der Waals surface area contributed by atoms with Crippen molar-refractivity contribution >= 4 is 57.5 Å². The van der Waals surface area contributed by atoms with Crippen molar-refractivity contribution in [1.82, 2.24) is 4.90 Å². The fraction of sp³-hybridized carbons (Fsp3) is 0.0476. The van der Waals surface area contributed by atoms with E-state index in [9.17, 15) is 4.79 Å². The summed E-state index contributed by atoms with van der Waals surface area (Å²) in [7, 11) is 1.74. The molecule has 0 bridgehead atoms. The number of thioether (sulfide) groups is 1. The van der Waals surface area contributed by atoms with Crippen LogP contribution in [-0.4, -0.2) is 23.0 Å². The summed E-state index contributed by atoms with van der Waals surface area (Å²) >= 11 is 8.93. The lowest BCUT2D eigenvalue weighted by atomic mass is 10.1. The Kier molecular flexibility index (Phi) is 5.16. The first-order valence-corrected chi connectivity index (χ1v) is 10.3. The first kappa shape index (κ1) is 18.0. The van der Waals surface area contributed by atoms with Crippen molar-refractivity contribution in [2.75, 3.05) is 7.05 Å². The Morgan fingerprint density at radius 1 is 1.04 bits per heavy atom. The first-order chi connectivity index (χ1) is 13.1. The van der Waals surface area contributed by atoms with Gasteiger partial charge in [-0.15, -0.1) is 11.3 Å². The van der Waals surface area contributed by atoms with Crippen LogP contribution in [-0.2, 0) is 4.79 Å². The van der Waals surface area contributed by atoms with E-state index in [2.05, 4.69) is 28.6 Å². The van der Waals surface area contributed by atoms with Crippen LogP contribution in [0, 0.1) is 0 Å². The third kappa shape index (κ3) is 4.00. The zero-order valence-electron chi connectivity index (χ0n) is 14.4. The van der Waals surface area contributed by atoms with Gasteiger partial charge < -0.3 is 0 Å². The van der Waals surface area contributed by atoms with Gasteiger partial charge in [-0.25, -0.2) is 4.99 Å². The summed E-state index contributed by atoms with van der Waals surface area (Å²) in [5, 5.41) is 3.43. The monoisotopic (exact) mass is 410 g/mol. The topological polar surface area (TPSA) is 32.7 Å². The second kappa shape index (κ2) is 7.72. The Hall–Kier alpha value is -2.34. The SMILES string of the molecule is CN1C(=O)/C(=C/c2cc(-c3ccccc3)cs2)S/C1=N/c1ccc(Cl)cc1. The van der Waals surface area contributed by atoms with E-state index in [4.69, 9.17) is 11.6 Å². The second-order valence-electron chi connectivity index (χ2n) is 5.95. The predicted octanol–water partition coefficient (Wildman–Crippen LogP) is 6.30. The van der Waals surface area contributed by atoms with Crippen LogP contribution in [0.3, 0.4) is 0 Å². The summed E-state index contributed by atoms with van der Waals surface area (Å²) in [4.78, 5) is 20.4. The first-order valence-electron chi connectivity index (χ1n) is 8.26. The zero-order chi connectivity index (χ0) is 18.8. The Morgan fingerprint density at radius 2 is 1.78 bits per heavy atom. The molecule has 1 amide bonds. The van der Waals surface area contributed by atoms with Crippen LogP contribution in [0.4, 0.5) is 5.69 Å². The molecule has 4 rings (SSSR count). The van der Waals surface area contributed by atoms with Crippen LogP contribution < -0.4 is 0 Å². The molecule has 2 heterocycles. The van der Waals surface area contributed by atoms with Crippen LogP contribution in [0.2, 0.25) is 5.02 Å². The molecule has 2 aromatic carbocycles. The van der Waals surface area contributed by atoms with Crippen molar-refractivity contribution in [1.29, 1.82) is 0 Å². The molecule has 134 valence electrons. The smallest absolute Gasteiger partial charge is 0.266 e. The number of hydrogen-bond donors (Lipinski definition) is 0. The van der Waals surface area contributed by atoms with E-state index < -0.39 is 0 Å². The van der Waals surface area contributed by atoms with E-state index in [1.807, 2.05) is 36.4 Å². The molecule has 1 saturated heterocycles. The van der Waals surface area contributed by atoms with Gasteiger partial charge in [0.2, 0.25) is 0 Å². The van der Waals surface area contributed by atoms with E-state index >= 15 is 0 Å². The number of carbonyl (C=O) groups excluding carboxylic acids is 1. The number of thiophene rings is 1. The lowest BCUT2D eigenvalue weighted by Crippen LogP contribution is -2.23. The van der Waals surface area contributed by atoms with Crippen molar-refractivity contribution in [2.45, 2.75) is 0 Å². The van der Waals surface area contributed by atoms with Crippen LogP contribution >= 0.6 is 34.7 Å². The minimum atomic E-state index is -0.0395. The zero-order valence-corrected chi connectivity index (χ0v) is 16.8. The molecule has 6 heteroatoms. The number of halogens is 1. The number of nitrogens with zero attached hydrogens (tertiary/aromatic N) is 2. The second-order valence-corrected chi connectivity index (χ2v) is 8.34. The molecule has 1 aromatic heterocycles. The molecular formula is C21H15ClN2OS2. The van der Waals surface area contributed by atoms with Crippen LogP contribution in [0.25, 0.3) is 17.2 Å². The maximum atomic E-state index is 12.6. The third-order valence-electron chi connectivity index (χ3n) is 4.06. The molecule has 27 heavy (non-hydrogen) atoms. The molecule has 0 spiro atoms. The average Bonchev–Trinajstić information content (AvgIpc) is 3.26. The molecule has 1 aliphatic rings. The van der Waals surface area contributed by atoms with Gasteiger partial charge in [0.1, 0.15) is 0 Å². The van der Waals surface area contributed by atoms with Crippen molar-refractivity contribution in [3.63, 3.8) is 0 Å². The number of amidine groups is 1. The van der Waals surface area contributed by atoms with Crippen molar-refractivity contribution < 1.29 is 4.79 Å². The summed E-state index contributed by atoms with van der Waals surface area (Å²) in [6.45, 7) is 0. The molecule has 3 nitrogen and oxygen atoms in total. The van der Waals surface area contributed by atoms with Gasteiger partial charge >= 0.3 is 0 Å². The van der Waals surface area contributed by atoms with Gasteiger partial charge in [0, 0.05) is 16.9 Å². The molecule has 0 N–H and O–H groups in total. The van der Waals surface area contributed by atoms with Crippen molar-refractivity contribution in [3.8, 4) is 11.1 Å². The molecule has 3 aromatic rings.